The molecule has 0 aromatic rings. The lowest BCUT2D eigenvalue weighted by atomic mass is 9.82. The second-order valence-corrected chi connectivity index (χ2v) is 3.44. The summed E-state index contributed by atoms with van der Waals surface area (Å²) in [6.07, 6.45) is 7.51. The normalized spacial score (nSPS) is 57.2. The molecule has 8 heavy (non-hydrogen) atoms. The van der Waals surface area contributed by atoms with Gasteiger partial charge in [0.1, 0.15) is 0 Å². The monoisotopic (exact) mass is 108 g/mol. The van der Waals surface area contributed by atoms with Crippen molar-refractivity contribution < 1.29 is 0 Å². The fourth-order valence-electron chi connectivity index (χ4n) is 1.98. The SMILES string of the molecule is CCC12C=CC1(C)C2. The summed E-state index contributed by atoms with van der Waals surface area (Å²) in [5.74, 6) is 0. The first-order valence-corrected chi connectivity index (χ1v) is 3.43. The van der Waals surface area contributed by atoms with Gasteiger partial charge >= 0.3 is 0 Å². The zero-order chi connectivity index (χ0) is 5.83. The largest absolute Gasteiger partial charge is 0.0811 e. The van der Waals surface area contributed by atoms with Gasteiger partial charge in [0.05, 0.1) is 0 Å². The molecule has 0 heteroatoms. The predicted octanol–water partition coefficient (Wildman–Crippen LogP) is 2.36. The van der Waals surface area contributed by atoms with Crippen molar-refractivity contribution in [2.45, 2.75) is 26.7 Å². The minimum atomic E-state index is 0.655. The highest BCUT2D eigenvalue weighted by molar-refractivity contribution is 5.37. The number of fused-ring (bicyclic) bond motifs is 1. The summed E-state index contributed by atoms with van der Waals surface area (Å²) in [5.41, 5.74) is 1.34. The summed E-state index contributed by atoms with van der Waals surface area (Å²) in [4.78, 5) is 0. The summed E-state index contributed by atoms with van der Waals surface area (Å²) in [7, 11) is 0. The van der Waals surface area contributed by atoms with E-state index in [0.717, 1.165) is 0 Å². The van der Waals surface area contributed by atoms with Crippen molar-refractivity contribution in [3.63, 3.8) is 0 Å². The van der Waals surface area contributed by atoms with Gasteiger partial charge in [-0.15, -0.1) is 0 Å². The van der Waals surface area contributed by atoms with E-state index in [-0.39, 0.29) is 0 Å². The summed E-state index contributed by atoms with van der Waals surface area (Å²) in [6, 6.07) is 0. The Kier molecular flexibility index (Phi) is 0.516. The van der Waals surface area contributed by atoms with Gasteiger partial charge in [0.25, 0.3) is 0 Å². The van der Waals surface area contributed by atoms with Crippen LogP contribution in [0.3, 0.4) is 0 Å². The molecule has 2 unspecified atom stereocenters. The minimum Gasteiger partial charge on any atom is -0.0811 e. The standard InChI is InChI=1S/C8H12/c1-3-8-5-4-7(8,2)6-8/h4-5H,3,6H2,1-2H3. The average molecular weight is 108 g/mol. The fraction of sp³-hybridized carbons (Fsp3) is 0.750. The van der Waals surface area contributed by atoms with E-state index in [1.165, 1.54) is 12.8 Å². The molecular formula is C8H12. The number of rotatable bonds is 1. The van der Waals surface area contributed by atoms with Crippen LogP contribution in [0.2, 0.25) is 0 Å². The van der Waals surface area contributed by atoms with Crippen molar-refractivity contribution in [2.24, 2.45) is 10.8 Å². The van der Waals surface area contributed by atoms with E-state index in [9.17, 15) is 0 Å². The number of hydrogen-bond donors (Lipinski definition) is 0. The quantitative estimate of drug-likeness (QED) is 0.452. The summed E-state index contributed by atoms with van der Waals surface area (Å²) < 4.78 is 0. The Labute approximate surface area is 50.6 Å². The molecule has 0 radical (unpaired) electrons. The van der Waals surface area contributed by atoms with Gasteiger partial charge in [0.2, 0.25) is 0 Å². The predicted molar refractivity (Wildman–Crippen MR) is 34.6 cm³/mol. The molecule has 0 heterocycles. The zero-order valence-electron chi connectivity index (χ0n) is 5.57. The van der Waals surface area contributed by atoms with Crippen molar-refractivity contribution in [1.82, 2.24) is 0 Å². The number of hydrogen-bond acceptors (Lipinski definition) is 0. The van der Waals surface area contributed by atoms with Gasteiger partial charge in [-0.05, 0) is 23.7 Å². The Morgan fingerprint density at radius 1 is 1.50 bits per heavy atom. The van der Waals surface area contributed by atoms with Gasteiger partial charge < -0.3 is 0 Å². The highest BCUT2D eigenvalue weighted by Gasteiger charge is 2.64. The fourth-order valence-corrected chi connectivity index (χ4v) is 1.98. The second-order valence-electron chi connectivity index (χ2n) is 3.44. The molecule has 2 aliphatic carbocycles. The van der Waals surface area contributed by atoms with Gasteiger partial charge in [-0.25, -0.2) is 0 Å². The molecule has 0 nitrogen and oxygen atoms in total. The number of allylic oxidation sites excluding steroid dienone is 2. The Bertz CT molecular complexity index is 157. The first-order chi connectivity index (χ1) is 3.72. The maximum Gasteiger partial charge on any atom is -0.00236 e. The van der Waals surface area contributed by atoms with Crippen LogP contribution in [0.5, 0.6) is 0 Å². The molecule has 0 aromatic heterocycles. The molecule has 44 valence electrons. The molecular weight excluding hydrogens is 96.1 g/mol. The molecule has 0 N–H and O–H groups in total. The Morgan fingerprint density at radius 2 is 2.25 bits per heavy atom. The lowest BCUT2D eigenvalue weighted by Gasteiger charge is -2.22. The average Bonchev–Trinajstić information content (AvgIpc) is 2.15. The van der Waals surface area contributed by atoms with Gasteiger partial charge in [0, 0.05) is 0 Å². The molecule has 0 saturated heterocycles. The summed E-state index contributed by atoms with van der Waals surface area (Å²) in [6.45, 7) is 4.64. The van der Waals surface area contributed by atoms with E-state index in [1.807, 2.05) is 0 Å². The first kappa shape index (κ1) is 4.60. The zero-order valence-corrected chi connectivity index (χ0v) is 5.57. The molecule has 1 fully saturated rings. The van der Waals surface area contributed by atoms with E-state index in [4.69, 9.17) is 0 Å². The summed E-state index contributed by atoms with van der Waals surface area (Å²) >= 11 is 0. The Balaban J connectivity index is 2.27. The third kappa shape index (κ3) is 0.249. The molecule has 2 aliphatic rings. The van der Waals surface area contributed by atoms with Crippen LogP contribution in [0.25, 0.3) is 0 Å². The molecule has 1 saturated carbocycles. The van der Waals surface area contributed by atoms with Gasteiger partial charge in [-0.2, -0.15) is 0 Å². The Hall–Kier alpha value is -0.260. The van der Waals surface area contributed by atoms with Crippen molar-refractivity contribution in [1.29, 1.82) is 0 Å². The topological polar surface area (TPSA) is 0 Å². The van der Waals surface area contributed by atoms with Gasteiger partial charge in [0.15, 0.2) is 0 Å². The molecule has 0 spiro atoms. The molecule has 0 amide bonds. The molecule has 2 rings (SSSR count). The third-order valence-electron chi connectivity index (χ3n) is 3.10. The highest BCUT2D eigenvalue weighted by atomic mass is 14.7. The van der Waals surface area contributed by atoms with Crippen molar-refractivity contribution >= 4 is 0 Å². The van der Waals surface area contributed by atoms with Crippen LogP contribution in [0.1, 0.15) is 26.7 Å². The van der Waals surface area contributed by atoms with Crippen LogP contribution in [-0.4, -0.2) is 0 Å². The van der Waals surface area contributed by atoms with Crippen LogP contribution < -0.4 is 0 Å². The maximum atomic E-state index is 2.38. The molecule has 0 bridgehead atoms. The first-order valence-electron chi connectivity index (χ1n) is 3.43. The highest BCUT2D eigenvalue weighted by Crippen LogP contribution is 2.73. The molecule has 2 atom stereocenters. The van der Waals surface area contributed by atoms with Crippen LogP contribution in [0.15, 0.2) is 12.2 Å². The lowest BCUT2D eigenvalue weighted by Crippen LogP contribution is -2.13. The smallest absolute Gasteiger partial charge is 0.00236 e. The molecule has 0 aromatic carbocycles. The molecule has 0 aliphatic heterocycles. The van der Waals surface area contributed by atoms with E-state index < -0.39 is 0 Å². The van der Waals surface area contributed by atoms with Gasteiger partial charge in [-0.3, -0.25) is 0 Å². The lowest BCUT2D eigenvalue weighted by molar-refractivity contribution is 0.445. The maximum absolute atomic E-state index is 2.38. The van der Waals surface area contributed by atoms with Crippen LogP contribution in [-0.2, 0) is 0 Å². The third-order valence-corrected chi connectivity index (χ3v) is 3.10. The van der Waals surface area contributed by atoms with Crippen LogP contribution in [0, 0.1) is 10.8 Å². The van der Waals surface area contributed by atoms with E-state index in [2.05, 4.69) is 26.0 Å². The van der Waals surface area contributed by atoms with Gasteiger partial charge in [-0.1, -0.05) is 26.0 Å². The Morgan fingerprint density at radius 3 is 2.25 bits per heavy atom. The van der Waals surface area contributed by atoms with E-state index in [1.54, 1.807) is 0 Å². The van der Waals surface area contributed by atoms with Crippen molar-refractivity contribution in [2.75, 3.05) is 0 Å². The van der Waals surface area contributed by atoms with Crippen LogP contribution >= 0.6 is 0 Å². The van der Waals surface area contributed by atoms with Crippen molar-refractivity contribution in [3.8, 4) is 0 Å². The van der Waals surface area contributed by atoms with Crippen molar-refractivity contribution in [3.05, 3.63) is 12.2 Å². The van der Waals surface area contributed by atoms with E-state index in [0.29, 0.717) is 10.8 Å². The summed E-state index contributed by atoms with van der Waals surface area (Å²) in [5, 5.41) is 0. The second kappa shape index (κ2) is 0.896. The minimum absolute atomic E-state index is 0.655. The van der Waals surface area contributed by atoms with E-state index >= 15 is 0 Å². The van der Waals surface area contributed by atoms with Crippen LogP contribution in [0.4, 0.5) is 0 Å².